The van der Waals surface area contributed by atoms with Gasteiger partial charge in [-0.1, -0.05) is 0 Å². The van der Waals surface area contributed by atoms with Gasteiger partial charge < -0.3 is 25.5 Å². The molecule has 0 aliphatic carbocycles. The van der Waals surface area contributed by atoms with Crippen LogP contribution in [0.2, 0.25) is 0 Å². The molecule has 3 fully saturated rings. The van der Waals surface area contributed by atoms with E-state index in [9.17, 15) is 14.7 Å². The molecule has 158 valence electrons. The van der Waals surface area contributed by atoms with Crippen LogP contribution in [-0.4, -0.2) is 99.7 Å². The van der Waals surface area contributed by atoms with Crippen LogP contribution < -0.4 is 10.6 Å². The maximum atomic E-state index is 12.7. The van der Waals surface area contributed by atoms with Crippen LogP contribution in [-0.2, 0) is 4.79 Å². The van der Waals surface area contributed by atoms with Crippen LogP contribution in [0.5, 0.6) is 0 Å². The molecule has 0 bridgehead atoms. The first-order valence-electron chi connectivity index (χ1n) is 10.1. The summed E-state index contributed by atoms with van der Waals surface area (Å²) >= 11 is 0. The van der Waals surface area contributed by atoms with Crippen molar-refractivity contribution in [2.45, 2.75) is 36.8 Å². The number of carbonyl (C=O) groups is 2. The Hall–Kier alpha value is -2.46. The Kier molecular flexibility index (Phi) is 4.86. The number of likely N-dealkylation sites (tertiary alicyclic amines) is 1. The summed E-state index contributed by atoms with van der Waals surface area (Å²) in [5.74, 6) is 0.835. The highest BCUT2D eigenvalue weighted by atomic mass is 16.3. The zero-order valence-corrected chi connectivity index (χ0v) is 17.0. The lowest BCUT2D eigenvalue weighted by Crippen LogP contribution is -2.59. The van der Waals surface area contributed by atoms with Crippen molar-refractivity contribution in [3.63, 3.8) is 0 Å². The number of hydrogen-bond acceptors (Lipinski definition) is 8. The van der Waals surface area contributed by atoms with Gasteiger partial charge in [0.2, 0.25) is 5.95 Å². The number of nitrogen functional groups attached to an aromatic ring is 1. The smallest absolute Gasteiger partial charge is 0.327 e. The van der Waals surface area contributed by atoms with E-state index in [-0.39, 0.29) is 11.9 Å². The second-order valence-corrected chi connectivity index (χ2v) is 8.54. The highest BCUT2D eigenvalue weighted by Crippen LogP contribution is 2.36. The molecule has 3 saturated heterocycles. The normalized spacial score (nSPS) is 27.9. The first kappa shape index (κ1) is 19.8. The van der Waals surface area contributed by atoms with Crippen LogP contribution in [0.4, 0.5) is 16.6 Å². The number of anilines is 2. The molecule has 1 spiro atoms. The predicted molar refractivity (Wildman–Crippen MR) is 107 cm³/mol. The summed E-state index contributed by atoms with van der Waals surface area (Å²) < 4.78 is 0. The highest BCUT2D eigenvalue weighted by molar-refractivity contribution is 6.06. The van der Waals surface area contributed by atoms with Crippen molar-refractivity contribution in [2.75, 3.05) is 57.5 Å². The van der Waals surface area contributed by atoms with Gasteiger partial charge in [0.15, 0.2) is 0 Å². The standard InChI is InChI=1S/C19H29N7O3/c1-23-15(27)19(24(2)17(23)28)6-10-25(11-7-19)12-18(29)5-3-9-26(13-18)16-21-8-4-14(20)22-16/h4,8,29H,3,5-7,9-13H2,1-2H3,(H2,20,21,22). The van der Waals surface area contributed by atoms with E-state index in [2.05, 4.69) is 14.9 Å². The lowest BCUT2D eigenvalue weighted by Gasteiger charge is -2.45. The number of aliphatic hydroxyl groups is 1. The summed E-state index contributed by atoms with van der Waals surface area (Å²) in [7, 11) is 3.25. The number of nitrogens with two attached hydrogens (primary N) is 1. The summed E-state index contributed by atoms with van der Waals surface area (Å²) in [6, 6.07) is 1.40. The SMILES string of the molecule is CN1C(=O)N(C)C2(CCN(CC3(O)CCCN(c4nccc(N)n4)C3)CC2)C1=O. The monoisotopic (exact) mass is 403 g/mol. The molecule has 3 N–H and O–H groups in total. The van der Waals surface area contributed by atoms with Crippen molar-refractivity contribution < 1.29 is 14.7 Å². The van der Waals surface area contributed by atoms with Crippen molar-refractivity contribution in [1.29, 1.82) is 0 Å². The summed E-state index contributed by atoms with van der Waals surface area (Å²) in [4.78, 5) is 40.4. The number of piperidine rings is 2. The molecular formula is C19H29N7O3. The number of aromatic nitrogens is 2. The number of amides is 3. The van der Waals surface area contributed by atoms with Gasteiger partial charge in [-0.15, -0.1) is 0 Å². The zero-order chi connectivity index (χ0) is 20.8. The third-order valence-electron chi connectivity index (χ3n) is 6.62. The molecule has 3 amide bonds. The second-order valence-electron chi connectivity index (χ2n) is 8.54. The molecule has 1 aromatic rings. The van der Waals surface area contributed by atoms with E-state index < -0.39 is 11.1 Å². The van der Waals surface area contributed by atoms with E-state index in [1.54, 1.807) is 31.3 Å². The summed E-state index contributed by atoms with van der Waals surface area (Å²) in [5.41, 5.74) is 4.16. The molecule has 0 aromatic carbocycles. The van der Waals surface area contributed by atoms with Crippen LogP contribution in [0.15, 0.2) is 12.3 Å². The van der Waals surface area contributed by atoms with Crippen molar-refractivity contribution in [3.05, 3.63) is 12.3 Å². The molecule has 0 saturated carbocycles. The fourth-order valence-electron chi connectivity index (χ4n) is 4.92. The van der Waals surface area contributed by atoms with Crippen molar-refractivity contribution in [2.24, 2.45) is 0 Å². The summed E-state index contributed by atoms with van der Waals surface area (Å²) in [6.45, 7) is 3.06. The van der Waals surface area contributed by atoms with Gasteiger partial charge >= 0.3 is 6.03 Å². The van der Waals surface area contributed by atoms with Crippen molar-refractivity contribution >= 4 is 23.7 Å². The molecule has 1 aromatic heterocycles. The first-order chi connectivity index (χ1) is 13.7. The van der Waals surface area contributed by atoms with Gasteiger partial charge in [-0.25, -0.2) is 9.78 Å². The van der Waals surface area contributed by atoms with Crippen molar-refractivity contribution in [3.8, 4) is 0 Å². The number of carbonyl (C=O) groups excluding carboxylic acids is 2. The predicted octanol–water partition coefficient (Wildman–Crippen LogP) is -0.251. The third-order valence-corrected chi connectivity index (χ3v) is 6.62. The van der Waals surface area contributed by atoms with Gasteiger partial charge in [-0.2, -0.15) is 4.98 Å². The molecular weight excluding hydrogens is 374 g/mol. The first-order valence-corrected chi connectivity index (χ1v) is 10.1. The molecule has 0 radical (unpaired) electrons. The van der Waals surface area contributed by atoms with E-state index in [1.165, 1.54) is 4.90 Å². The number of hydrogen-bond donors (Lipinski definition) is 2. The lowest BCUT2D eigenvalue weighted by atomic mass is 9.85. The molecule has 1 unspecified atom stereocenters. The highest BCUT2D eigenvalue weighted by Gasteiger charge is 2.55. The van der Waals surface area contributed by atoms with Gasteiger partial charge in [0.05, 0.1) is 12.1 Å². The van der Waals surface area contributed by atoms with E-state index in [0.29, 0.717) is 57.2 Å². The maximum absolute atomic E-state index is 12.7. The minimum absolute atomic E-state index is 0.119. The molecule has 3 aliphatic rings. The van der Waals surface area contributed by atoms with Gasteiger partial charge in [-0.3, -0.25) is 9.69 Å². The largest absolute Gasteiger partial charge is 0.387 e. The van der Waals surface area contributed by atoms with E-state index in [4.69, 9.17) is 5.73 Å². The van der Waals surface area contributed by atoms with Crippen LogP contribution in [0.3, 0.4) is 0 Å². The number of imide groups is 1. The minimum Gasteiger partial charge on any atom is -0.387 e. The van der Waals surface area contributed by atoms with Crippen LogP contribution in [0.25, 0.3) is 0 Å². The number of likely N-dealkylation sites (N-methyl/N-ethyl adjacent to an activating group) is 2. The lowest BCUT2D eigenvalue weighted by molar-refractivity contribution is -0.134. The Morgan fingerprint density at radius 1 is 1.17 bits per heavy atom. The van der Waals surface area contributed by atoms with E-state index >= 15 is 0 Å². The van der Waals surface area contributed by atoms with Crippen LogP contribution in [0, 0.1) is 0 Å². The average Bonchev–Trinajstić information content (AvgIpc) is 2.86. The quantitative estimate of drug-likeness (QED) is 0.663. The number of rotatable bonds is 3. The van der Waals surface area contributed by atoms with Crippen LogP contribution in [0.1, 0.15) is 25.7 Å². The molecule has 3 aliphatic heterocycles. The van der Waals surface area contributed by atoms with Gasteiger partial charge in [0.25, 0.3) is 5.91 Å². The summed E-state index contributed by atoms with van der Waals surface area (Å²) in [6.07, 6.45) is 4.33. The van der Waals surface area contributed by atoms with E-state index in [0.717, 1.165) is 13.0 Å². The van der Waals surface area contributed by atoms with Crippen molar-refractivity contribution in [1.82, 2.24) is 24.7 Å². The fourth-order valence-corrected chi connectivity index (χ4v) is 4.92. The second kappa shape index (κ2) is 7.10. The Labute approximate surface area is 170 Å². The molecule has 4 heterocycles. The Morgan fingerprint density at radius 2 is 1.90 bits per heavy atom. The van der Waals surface area contributed by atoms with E-state index in [1.807, 2.05) is 4.90 Å². The minimum atomic E-state index is -0.880. The zero-order valence-electron chi connectivity index (χ0n) is 17.0. The molecule has 10 nitrogen and oxygen atoms in total. The fraction of sp³-hybridized carbons (Fsp3) is 0.684. The third kappa shape index (κ3) is 3.40. The molecule has 10 heteroatoms. The van der Waals surface area contributed by atoms with Gasteiger partial charge in [0.1, 0.15) is 11.4 Å². The Morgan fingerprint density at radius 3 is 2.52 bits per heavy atom. The average molecular weight is 403 g/mol. The Balaban J connectivity index is 1.40. The number of nitrogens with zero attached hydrogens (tertiary/aromatic N) is 6. The molecule has 1 atom stereocenters. The maximum Gasteiger partial charge on any atom is 0.327 e. The number of β-amino-alcohol motifs (C(OH)–C–C–N with tert-alkyl or cyclic N) is 1. The summed E-state index contributed by atoms with van der Waals surface area (Å²) in [5, 5.41) is 11.3. The number of urea groups is 1. The molecule has 29 heavy (non-hydrogen) atoms. The van der Waals surface area contributed by atoms with Crippen LogP contribution >= 0.6 is 0 Å². The Bertz CT molecular complexity index is 811. The van der Waals surface area contributed by atoms with Gasteiger partial charge in [0, 0.05) is 46.5 Å². The molecule has 4 rings (SSSR count). The van der Waals surface area contributed by atoms with Gasteiger partial charge in [-0.05, 0) is 31.7 Å². The topological polar surface area (TPSA) is 119 Å².